The number of benzene rings is 1. The molecule has 0 radical (unpaired) electrons. The van der Waals surface area contributed by atoms with Gasteiger partial charge in [-0.3, -0.25) is 9.48 Å². The lowest BCUT2D eigenvalue weighted by atomic mass is 10.1. The smallest absolute Gasteiger partial charge is 0.251 e. The fourth-order valence-electron chi connectivity index (χ4n) is 2.86. The van der Waals surface area contributed by atoms with E-state index in [2.05, 4.69) is 22.3 Å². The van der Waals surface area contributed by atoms with E-state index < -0.39 is 0 Å². The van der Waals surface area contributed by atoms with Crippen LogP contribution < -0.4 is 5.32 Å². The van der Waals surface area contributed by atoms with Gasteiger partial charge in [-0.25, -0.2) is 0 Å². The molecule has 5 heteroatoms. The van der Waals surface area contributed by atoms with Gasteiger partial charge in [-0.15, -0.1) is 0 Å². The number of aromatic nitrogens is 3. The zero-order valence-electron chi connectivity index (χ0n) is 13.1. The second-order valence-corrected chi connectivity index (χ2v) is 5.52. The predicted octanol–water partition coefficient (Wildman–Crippen LogP) is 2.49. The second kappa shape index (κ2) is 5.67. The van der Waals surface area contributed by atoms with Gasteiger partial charge in [0.05, 0.1) is 5.69 Å². The van der Waals surface area contributed by atoms with Gasteiger partial charge >= 0.3 is 0 Å². The Hall–Kier alpha value is -2.56. The molecule has 3 rings (SSSR count). The van der Waals surface area contributed by atoms with Crippen molar-refractivity contribution in [3.8, 4) is 0 Å². The molecule has 0 bridgehead atoms. The minimum absolute atomic E-state index is 0.0376. The average Bonchev–Trinajstić information content (AvgIpc) is 3.06. The van der Waals surface area contributed by atoms with Crippen molar-refractivity contribution in [1.29, 1.82) is 0 Å². The number of hydrogen-bond donors (Lipinski definition) is 2. The first-order valence-electron chi connectivity index (χ1n) is 7.41. The van der Waals surface area contributed by atoms with Gasteiger partial charge < -0.3 is 10.3 Å². The minimum atomic E-state index is -0.0376. The maximum Gasteiger partial charge on any atom is 0.251 e. The first kappa shape index (κ1) is 14.4. The van der Waals surface area contributed by atoms with Crippen molar-refractivity contribution in [2.24, 2.45) is 7.05 Å². The number of aryl methyl sites for hydroxylation is 2. The number of amides is 1. The van der Waals surface area contributed by atoms with Gasteiger partial charge in [0, 0.05) is 41.9 Å². The molecule has 2 N–H and O–H groups in total. The van der Waals surface area contributed by atoms with Crippen LogP contribution >= 0.6 is 0 Å². The number of rotatable bonds is 4. The van der Waals surface area contributed by atoms with Crippen LogP contribution in [0.5, 0.6) is 0 Å². The number of nitrogens with zero attached hydrogens (tertiary/aromatic N) is 2. The van der Waals surface area contributed by atoms with Crippen molar-refractivity contribution >= 4 is 16.8 Å². The first-order valence-corrected chi connectivity index (χ1v) is 7.41. The van der Waals surface area contributed by atoms with Crippen molar-refractivity contribution in [3.63, 3.8) is 0 Å². The van der Waals surface area contributed by atoms with E-state index in [0.29, 0.717) is 12.1 Å². The summed E-state index contributed by atoms with van der Waals surface area (Å²) in [6, 6.07) is 7.64. The van der Waals surface area contributed by atoms with Crippen molar-refractivity contribution in [3.05, 3.63) is 53.0 Å². The van der Waals surface area contributed by atoms with E-state index in [4.69, 9.17) is 0 Å². The Morgan fingerprint density at radius 1 is 1.32 bits per heavy atom. The van der Waals surface area contributed by atoms with Gasteiger partial charge in [0.2, 0.25) is 0 Å². The minimum Gasteiger partial charge on any atom is -0.361 e. The van der Waals surface area contributed by atoms with Crippen LogP contribution in [0, 0.1) is 13.8 Å². The Balaban J connectivity index is 1.69. The molecule has 0 saturated carbocycles. The van der Waals surface area contributed by atoms with Gasteiger partial charge in [-0.2, -0.15) is 5.10 Å². The summed E-state index contributed by atoms with van der Waals surface area (Å²) in [6.45, 7) is 4.66. The van der Waals surface area contributed by atoms with Gasteiger partial charge in [-0.1, -0.05) is 6.07 Å². The highest BCUT2D eigenvalue weighted by atomic mass is 16.1. The van der Waals surface area contributed by atoms with E-state index in [1.54, 1.807) is 0 Å². The number of aromatic amines is 1. The lowest BCUT2D eigenvalue weighted by Gasteiger charge is -2.07. The van der Waals surface area contributed by atoms with Crippen LogP contribution in [0.3, 0.4) is 0 Å². The van der Waals surface area contributed by atoms with Gasteiger partial charge in [-0.05, 0) is 44.0 Å². The third-order valence-electron chi connectivity index (χ3n) is 4.16. The number of carbonyl (C=O) groups is 1. The van der Waals surface area contributed by atoms with E-state index in [1.165, 1.54) is 5.56 Å². The molecule has 2 aromatic heterocycles. The predicted molar refractivity (Wildman–Crippen MR) is 87.0 cm³/mol. The maximum absolute atomic E-state index is 12.4. The number of fused-ring (bicyclic) bond motifs is 1. The molecule has 3 aromatic rings. The summed E-state index contributed by atoms with van der Waals surface area (Å²) in [4.78, 5) is 15.5. The number of hydrogen-bond acceptors (Lipinski definition) is 2. The Morgan fingerprint density at radius 2 is 2.14 bits per heavy atom. The molecular weight excluding hydrogens is 276 g/mol. The summed E-state index contributed by atoms with van der Waals surface area (Å²) in [7, 11) is 1.94. The normalized spacial score (nSPS) is 11.0. The fourth-order valence-corrected chi connectivity index (χ4v) is 2.86. The van der Waals surface area contributed by atoms with Crippen molar-refractivity contribution in [1.82, 2.24) is 20.1 Å². The van der Waals surface area contributed by atoms with Gasteiger partial charge in [0.1, 0.15) is 0 Å². The number of carbonyl (C=O) groups excluding carboxylic acids is 1. The van der Waals surface area contributed by atoms with Crippen LogP contribution in [0.1, 0.15) is 27.3 Å². The molecule has 0 spiro atoms. The Morgan fingerprint density at radius 3 is 2.86 bits per heavy atom. The quantitative estimate of drug-likeness (QED) is 0.777. The van der Waals surface area contributed by atoms with E-state index in [-0.39, 0.29) is 5.91 Å². The second-order valence-electron chi connectivity index (χ2n) is 5.52. The molecule has 0 unspecified atom stereocenters. The van der Waals surface area contributed by atoms with Crippen LogP contribution in [-0.2, 0) is 13.5 Å². The van der Waals surface area contributed by atoms with Crippen molar-refractivity contribution < 1.29 is 4.79 Å². The highest BCUT2D eigenvalue weighted by Gasteiger charge is 2.12. The molecule has 5 nitrogen and oxygen atoms in total. The molecule has 22 heavy (non-hydrogen) atoms. The Labute approximate surface area is 129 Å². The third kappa shape index (κ3) is 2.50. The summed E-state index contributed by atoms with van der Waals surface area (Å²) in [5.41, 5.74) is 5.08. The molecule has 0 aliphatic carbocycles. The lowest BCUT2D eigenvalue weighted by molar-refractivity contribution is 0.0955. The molecular formula is C17H20N4O. The monoisotopic (exact) mass is 296 g/mol. The molecule has 1 aromatic carbocycles. The summed E-state index contributed by atoms with van der Waals surface area (Å²) in [6.07, 6.45) is 2.64. The zero-order chi connectivity index (χ0) is 15.7. The van der Waals surface area contributed by atoms with Crippen LogP contribution in [0.2, 0.25) is 0 Å². The summed E-state index contributed by atoms with van der Waals surface area (Å²) >= 11 is 0. The van der Waals surface area contributed by atoms with Crippen molar-refractivity contribution in [2.75, 3.05) is 6.54 Å². The summed E-state index contributed by atoms with van der Waals surface area (Å²) in [5, 5.41) is 8.36. The highest BCUT2D eigenvalue weighted by Crippen LogP contribution is 2.17. The largest absolute Gasteiger partial charge is 0.361 e. The standard InChI is InChI=1S/C17H20N4O/c1-11-13(12(2)21(3)20-11)7-10-19-17(22)15-5-4-6-16-14(15)8-9-18-16/h4-6,8-9,18H,7,10H2,1-3H3,(H,19,22). The van der Waals surface area contributed by atoms with E-state index >= 15 is 0 Å². The topological polar surface area (TPSA) is 62.7 Å². The first-order chi connectivity index (χ1) is 10.6. The summed E-state index contributed by atoms with van der Waals surface area (Å²) in [5.74, 6) is -0.0376. The lowest BCUT2D eigenvalue weighted by Crippen LogP contribution is -2.26. The Kier molecular flexibility index (Phi) is 3.71. The van der Waals surface area contributed by atoms with Crippen LogP contribution in [-0.4, -0.2) is 27.2 Å². The van der Waals surface area contributed by atoms with Crippen LogP contribution in [0.4, 0.5) is 0 Å². The molecule has 0 atom stereocenters. The van der Waals surface area contributed by atoms with Crippen LogP contribution in [0.15, 0.2) is 30.5 Å². The zero-order valence-corrected chi connectivity index (χ0v) is 13.1. The summed E-state index contributed by atoms with van der Waals surface area (Å²) < 4.78 is 1.88. The maximum atomic E-state index is 12.4. The molecule has 0 aliphatic heterocycles. The van der Waals surface area contributed by atoms with Crippen molar-refractivity contribution in [2.45, 2.75) is 20.3 Å². The molecule has 114 valence electrons. The number of nitrogens with one attached hydrogen (secondary N) is 2. The van der Waals surface area contributed by atoms with Gasteiger partial charge in [0.25, 0.3) is 5.91 Å². The van der Waals surface area contributed by atoms with Crippen LogP contribution in [0.25, 0.3) is 10.9 Å². The fraction of sp³-hybridized carbons (Fsp3) is 0.294. The molecule has 0 aliphatic rings. The Bertz CT molecular complexity index is 828. The van der Waals surface area contributed by atoms with E-state index in [0.717, 1.165) is 28.7 Å². The van der Waals surface area contributed by atoms with E-state index in [9.17, 15) is 4.79 Å². The molecule has 0 saturated heterocycles. The van der Waals surface area contributed by atoms with E-state index in [1.807, 2.05) is 49.1 Å². The average molecular weight is 296 g/mol. The molecule has 1 amide bonds. The third-order valence-corrected chi connectivity index (χ3v) is 4.16. The van der Waals surface area contributed by atoms with Gasteiger partial charge in [0.15, 0.2) is 0 Å². The highest BCUT2D eigenvalue weighted by molar-refractivity contribution is 6.06. The SMILES string of the molecule is Cc1nn(C)c(C)c1CCNC(=O)c1cccc2[nH]ccc12. The molecule has 0 fully saturated rings. The number of H-pyrrole nitrogens is 1. The molecule has 2 heterocycles.